The highest BCUT2D eigenvalue weighted by Crippen LogP contribution is 2.18. The molecule has 0 aromatic heterocycles. The summed E-state index contributed by atoms with van der Waals surface area (Å²) in [7, 11) is 0. The number of hydrogen-bond donors (Lipinski definition) is 1. The van der Waals surface area contributed by atoms with Crippen LogP contribution in [0.3, 0.4) is 0 Å². The van der Waals surface area contributed by atoms with Crippen LogP contribution in [0.4, 0.5) is 4.39 Å². The zero-order valence-corrected chi connectivity index (χ0v) is 10.6. The summed E-state index contributed by atoms with van der Waals surface area (Å²) >= 11 is 5.69. The number of hydrogen-bond acceptors (Lipinski definition) is 2. The average Bonchev–Trinajstić information content (AvgIpc) is 2.62. The Morgan fingerprint density at radius 3 is 2.71 bits per heavy atom. The number of halogens is 3. The predicted octanol–water partition coefficient (Wildman–Crippen LogP) is 2.07. The van der Waals surface area contributed by atoms with E-state index in [1.165, 1.54) is 18.2 Å². The minimum absolute atomic E-state index is 0. The molecule has 6 heteroatoms. The Hall–Kier alpha value is -0.840. The fourth-order valence-electron chi connectivity index (χ4n) is 1.83. The third kappa shape index (κ3) is 3.31. The van der Waals surface area contributed by atoms with Crippen LogP contribution in [-0.4, -0.2) is 29.9 Å². The van der Waals surface area contributed by atoms with E-state index in [0.29, 0.717) is 13.1 Å². The molecule has 1 amide bonds. The first-order valence-corrected chi connectivity index (χ1v) is 5.45. The van der Waals surface area contributed by atoms with E-state index in [4.69, 9.17) is 17.3 Å². The number of nitrogens with zero attached hydrogens (tertiary/aromatic N) is 1. The molecule has 1 aromatic carbocycles. The topological polar surface area (TPSA) is 46.3 Å². The minimum atomic E-state index is -0.501. The van der Waals surface area contributed by atoms with Crippen LogP contribution in [0.5, 0.6) is 0 Å². The molecule has 0 radical (unpaired) electrons. The number of amides is 1. The van der Waals surface area contributed by atoms with Crippen molar-refractivity contribution in [3.8, 4) is 0 Å². The number of benzene rings is 1. The highest BCUT2D eigenvalue weighted by Gasteiger charge is 2.24. The molecule has 0 aliphatic carbocycles. The van der Waals surface area contributed by atoms with Gasteiger partial charge >= 0.3 is 0 Å². The van der Waals surface area contributed by atoms with Crippen LogP contribution >= 0.6 is 24.0 Å². The van der Waals surface area contributed by atoms with E-state index < -0.39 is 5.82 Å². The van der Waals surface area contributed by atoms with Crippen molar-refractivity contribution >= 4 is 29.9 Å². The molecule has 94 valence electrons. The van der Waals surface area contributed by atoms with Gasteiger partial charge in [-0.3, -0.25) is 4.79 Å². The van der Waals surface area contributed by atoms with Crippen molar-refractivity contribution in [2.75, 3.05) is 13.1 Å². The van der Waals surface area contributed by atoms with Crippen LogP contribution in [0.15, 0.2) is 18.2 Å². The quantitative estimate of drug-likeness (QED) is 0.855. The third-order valence-corrected chi connectivity index (χ3v) is 2.84. The normalized spacial score (nSPS) is 19.0. The summed E-state index contributed by atoms with van der Waals surface area (Å²) in [6, 6.07) is 3.86. The molecule has 1 saturated heterocycles. The maximum Gasteiger partial charge on any atom is 0.254 e. The first-order valence-electron chi connectivity index (χ1n) is 5.07. The fraction of sp³-hybridized carbons (Fsp3) is 0.364. The molecule has 0 spiro atoms. The summed E-state index contributed by atoms with van der Waals surface area (Å²) in [6.45, 7) is 1.14. The van der Waals surface area contributed by atoms with Crippen LogP contribution in [0.1, 0.15) is 16.8 Å². The second-order valence-electron chi connectivity index (χ2n) is 3.96. The fourth-order valence-corrected chi connectivity index (χ4v) is 2.05. The molecule has 1 unspecified atom stereocenters. The van der Waals surface area contributed by atoms with E-state index in [2.05, 4.69) is 0 Å². The second-order valence-corrected chi connectivity index (χ2v) is 4.39. The van der Waals surface area contributed by atoms with Gasteiger partial charge in [0.2, 0.25) is 0 Å². The lowest BCUT2D eigenvalue weighted by molar-refractivity contribution is 0.0790. The van der Waals surface area contributed by atoms with E-state index in [1.807, 2.05) is 0 Å². The molecule has 2 rings (SSSR count). The van der Waals surface area contributed by atoms with Crippen LogP contribution < -0.4 is 5.73 Å². The van der Waals surface area contributed by atoms with Crippen molar-refractivity contribution < 1.29 is 9.18 Å². The van der Waals surface area contributed by atoms with Gasteiger partial charge in [0.1, 0.15) is 5.82 Å². The monoisotopic (exact) mass is 278 g/mol. The Balaban J connectivity index is 0.00000144. The summed E-state index contributed by atoms with van der Waals surface area (Å²) in [6.07, 6.45) is 0.786. The summed E-state index contributed by atoms with van der Waals surface area (Å²) in [5.41, 5.74) is 5.98. The molecule has 1 atom stereocenters. The Morgan fingerprint density at radius 1 is 1.47 bits per heavy atom. The number of rotatable bonds is 1. The number of carbonyl (C=O) groups excluding carboxylic acids is 1. The molecule has 1 heterocycles. The Bertz CT molecular complexity index is 408. The molecule has 3 nitrogen and oxygen atoms in total. The van der Waals surface area contributed by atoms with Crippen molar-refractivity contribution in [1.82, 2.24) is 4.90 Å². The lowest BCUT2D eigenvalue weighted by atomic mass is 10.2. The summed E-state index contributed by atoms with van der Waals surface area (Å²) in [4.78, 5) is 13.6. The maximum atomic E-state index is 13.1. The van der Waals surface area contributed by atoms with Crippen molar-refractivity contribution in [2.24, 2.45) is 5.73 Å². The second kappa shape index (κ2) is 5.67. The van der Waals surface area contributed by atoms with Gasteiger partial charge in [-0.1, -0.05) is 11.6 Å². The maximum absolute atomic E-state index is 13.1. The van der Waals surface area contributed by atoms with Gasteiger partial charge in [-0.05, 0) is 24.6 Å². The van der Waals surface area contributed by atoms with E-state index in [-0.39, 0.29) is 34.9 Å². The molecule has 1 fully saturated rings. The van der Waals surface area contributed by atoms with E-state index in [0.717, 1.165) is 6.42 Å². The van der Waals surface area contributed by atoms with E-state index >= 15 is 0 Å². The van der Waals surface area contributed by atoms with E-state index in [9.17, 15) is 9.18 Å². The summed E-state index contributed by atoms with van der Waals surface area (Å²) in [5, 5.41) is 0.229. The highest BCUT2D eigenvalue weighted by atomic mass is 35.5. The van der Waals surface area contributed by atoms with Gasteiger partial charge < -0.3 is 10.6 Å². The number of nitrogens with two attached hydrogens (primary N) is 1. The first-order chi connectivity index (χ1) is 7.56. The van der Waals surface area contributed by atoms with Crippen molar-refractivity contribution in [3.63, 3.8) is 0 Å². The predicted molar refractivity (Wildman–Crippen MR) is 67.2 cm³/mol. The number of likely N-dealkylation sites (tertiary alicyclic amines) is 1. The van der Waals surface area contributed by atoms with Crippen molar-refractivity contribution in [2.45, 2.75) is 12.5 Å². The Labute approximate surface area is 110 Å². The van der Waals surface area contributed by atoms with Crippen LogP contribution in [-0.2, 0) is 0 Å². The number of carbonyl (C=O) groups is 1. The third-order valence-electron chi connectivity index (χ3n) is 2.62. The molecule has 1 aliphatic heterocycles. The van der Waals surface area contributed by atoms with Gasteiger partial charge in [0.25, 0.3) is 5.91 Å². The summed E-state index contributed by atoms with van der Waals surface area (Å²) in [5.74, 6) is -0.714. The molecule has 17 heavy (non-hydrogen) atoms. The molecular formula is C11H13Cl2FN2O. The Kier molecular flexibility index (Phi) is 4.74. The standard InChI is InChI=1S/C11H12ClFN2O.ClH/c12-8-3-7(4-9(13)5-8)11(16)15-2-1-10(14)6-15;/h3-5,10H,1-2,6,14H2;1H. The van der Waals surface area contributed by atoms with Crippen LogP contribution in [0, 0.1) is 5.82 Å². The van der Waals surface area contributed by atoms with Gasteiger partial charge in [-0.2, -0.15) is 0 Å². The highest BCUT2D eigenvalue weighted by molar-refractivity contribution is 6.31. The lowest BCUT2D eigenvalue weighted by Gasteiger charge is -2.15. The average molecular weight is 279 g/mol. The molecule has 0 saturated carbocycles. The molecular weight excluding hydrogens is 266 g/mol. The van der Waals surface area contributed by atoms with E-state index in [1.54, 1.807) is 4.90 Å². The van der Waals surface area contributed by atoms with Gasteiger partial charge in [0.15, 0.2) is 0 Å². The zero-order chi connectivity index (χ0) is 11.7. The summed E-state index contributed by atoms with van der Waals surface area (Å²) < 4.78 is 13.1. The Morgan fingerprint density at radius 2 is 2.18 bits per heavy atom. The zero-order valence-electron chi connectivity index (χ0n) is 9.03. The van der Waals surface area contributed by atoms with Crippen LogP contribution in [0.2, 0.25) is 5.02 Å². The van der Waals surface area contributed by atoms with Gasteiger partial charge in [0, 0.05) is 29.7 Å². The molecule has 1 aliphatic rings. The largest absolute Gasteiger partial charge is 0.337 e. The molecule has 1 aromatic rings. The van der Waals surface area contributed by atoms with Crippen molar-refractivity contribution in [3.05, 3.63) is 34.6 Å². The lowest BCUT2D eigenvalue weighted by Crippen LogP contribution is -2.31. The van der Waals surface area contributed by atoms with Crippen LogP contribution in [0.25, 0.3) is 0 Å². The van der Waals surface area contributed by atoms with Gasteiger partial charge in [0.05, 0.1) is 0 Å². The van der Waals surface area contributed by atoms with Gasteiger partial charge in [-0.25, -0.2) is 4.39 Å². The minimum Gasteiger partial charge on any atom is -0.337 e. The molecule has 0 bridgehead atoms. The van der Waals surface area contributed by atoms with Gasteiger partial charge in [-0.15, -0.1) is 12.4 Å². The SMILES string of the molecule is Cl.NC1CCN(C(=O)c2cc(F)cc(Cl)c2)C1. The molecule has 2 N–H and O–H groups in total. The smallest absolute Gasteiger partial charge is 0.254 e. The van der Waals surface area contributed by atoms with Crippen molar-refractivity contribution in [1.29, 1.82) is 0 Å². The first kappa shape index (κ1) is 14.2.